The summed E-state index contributed by atoms with van der Waals surface area (Å²) in [4.78, 5) is 12.0. The van der Waals surface area contributed by atoms with E-state index in [2.05, 4.69) is 15.7 Å². The number of carbonyl (C=O) groups excluding carboxylic acids is 1. The maximum atomic E-state index is 12.0. The first-order valence-corrected chi connectivity index (χ1v) is 8.99. The van der Waals surface area contributed by atoms with Crippen molar-refractivity contribution in [3.8, 4) is 11.6 Å². The highest BCUT2D eigenvalue weighted by Crippen LogP contribution is 2.19. The number of hydrogen-bond donors (Lipinski definition) is 1. The van der Waals surface area contributed by atoms with Gasteiger partial charge in [-0.05, 0) is 63.9 Å². The molecule has 0 aliphatic heterocycles. The molecule has 0 spiro atoms. The zero-order chi connectivity index (χ0) is 20.3. The number of nitrogens with one attached hydrogen (secondary N) is 1. The van der Waals surface area contributed by atoms with Crippen LogP contribution in [0.2, 0.25) is 0 Å². The third kappa shape index (κ3) is 4.31. The van der Waals surface area contributed by atoms with Crippen molar-refractivity contribution >= 4 is 12.1 Å². The second-order valence-electron chi connectivity index (χ2n) is 6.79. The Kier molecular flexibility index (Phi) is 5.63. The van der Waals surface area contributed by atoms with Gasteiger partial charge in [-0.2, -0.15) is 5.10 Å². The average molecular weight is 380 g/mol. The van der Waals surface area contributed by atoms with Gasteiger partial charge < -0.3 is 9.26 Å². The van der Waals surface area contributed by atoms with E-state index < -0.39 is 0 Å². The molecule has 146 valence electrons. The quantitative estimate of drug-likeness (QED) is 0.524. The van der Waals surface area contributed by atoms with Gasteiger partial charge in [0.1, 0.15) is 11.5 Å². The lowest BCUT2D eigenvalue weighted by atomic mass is 10.1. The largest absolute Gasteiger partial charge is 0.484 e. The Balaban J connectivity index is 1.60. The zero-order valence-electron chi connectivity index (χ0n) is 16.7. The van der Waals surface area contributed by atoms with E-state index in [1.165, 1.54) is 5.56 Å². The van der Waals surface area contributed by atoms with Crippen LogP contribution < -0.4 is 10.2 Å². The van der Waals surface area contributed by atoms with Crippen LogP contribution in [0.4, 0.5) is 0 Å². The molecule has 0 fully saturated rings. The van der Waals surface area contributed by atoms with Crippen LogP contribution in [0.3, 0.4) is 0 Å². The Morgan fingerprint density at radius 1 is 1.18 bits per heavy atom. The standard InChI is InChI=1S/C21H24N4O3/c1-13-6-7-19(8-14(13)2)27-12-21(26)23-22-11-18-9-15(3)25(17(18)5)20-10-16(4)28-24-20/h6-11H,12H2,1-5H3,(H,23,26)/b22-11-. The van der Waals surface area contributed by atoms with Gasteiger partial charge in [-0.1, -0.05) is 11.2 Å². The van der Waals surface area contributed by atoms with Gasteiger partial charge in [0.15, 0.2) is 12.4 Å². The number of nitrogens with zero attached hydrogens (tertiary/aromatic N) is 3. The van der Waals surface area contributed by atoms with Gasteiger partial charge in [0.25, 0.3) is 5.91 Å². The molecule has 0 saturated heterocycles. The van der Waals surface area contributed by atoms with Crippen molar-refractivity contribution in [3.63, 3.8) is 0 Å². The smallest absolute Gasteiger partial charge is 0.277 e. The number of hydrazone groups is 1. The Morgan fingerprint density at radius 2 is 1.96 bits per heavy atom. The van der Waals surface area contributed by atoms with E-state index >= 15 is 0 Å². The maximum absolute atomic E-state index is 12.0. The highest BCUT2D eigenvalue weighted by atomic mass is 16.5. The fourth-order valence-electron chi connectivity index (χ4n) is 2.89. The average Bonchev–Trinajstić information content (AvgIpc) is 3.19. The van der Waals surface area contributed by atoms with Crippen molar-refractivity contribution in [2.75, 3.05) is 6.61 Å². The van der Waals surface area contributed by atoms with Gasteiger partial charge in [0.2, 0.25) is 0 Å². The lowest BCUT2D eigenvalue weighted by Gasteiger charge is -2.07. The summed E-state index contributed by atoms with van der Waals surface area (Å²) in [6.07, 6.45) is 1.61. The van der Waals surface area contributed by atoms with E-state index in [1.807, 2.05) is 69.5 Å². The van der Waals surface area contributed by atoms with Crippen LogP contribution in [0, 0.1) is 34.6 Å². The summed E-state index contributed by atoms with van der Waals surface area (Å²) in [6, 6.07) is 9.56. The van der Waals surface area contributed by atoms with Gasteiger partial charge in [0, 0.05) is 23.0 Å². The van der Waals surface area contributed by atoms with E-state index in [-0.39, 0.29) is 12.5 Å². The summed E-state index contributed by atoms with van der Waals surface area (Å²) >= 11 is 0. The zero-order valence-corrected chi connectivity index (χ0v) is 16.7. The number of carbonyl (C=O) groups is 1. The molecule has 0 radical (unpaired) electrons. The molecule has 2 aromatic heterocycles. The second-order valence-corrected chi connectivity index (χ2v) is 6.79. The van der Waals surface area contributed by atoms with Gasteiger partial charge in [-0.15, -0.1) is 0 Å². The van der Waals surface area contributed by atoms with E-state index in [1.54, 1.807) is 6.21 Å². The third-order valence-corrected chi connectivity index (χ3v) is 4.56. The van der Waals surface area contributed by atoms with Crippen LogP contribution in [-0.2, 0) is 4.79 Å². The molecule has 1 amide bonds. The summed E-state index contributed by atoms with van der Waals surface area (Å²) in [7, 11) is 0. The second kappa shape index (κ2) is 8.12. The Bertz CT molecular complexity index is 1030. The molecule has 2 heterocycles. The summed E-state index contributed by atoms with van der Waals surface area (Å²) in [6.45, 7) is 9.72. The predicted octanol–water partition coefficient (Wildman–Crippen LogP) is 3.54. The number of aromatic nitrogens is 2. The number of benzene rings is 1. The van der Waals surface area contributed by atoms with E-state index in [0.29, 0.717) is 5.75 Å². The molecule has 3 rings (SSSR count). The number of amides is 1. The van der Waals surface area contributed by atoms with Crippen molar-refractivity contribution in [2.24, 2.45) is 5.10 Å². The SMILES string of the molecule is Cc1cc(-n2c(C)cc(/C=N\NC(=O)COc3ccc(C)c(C)c3)c2C)no1. The molecule has 0 aliphatic rings. The van der Waals surface area contributed by atoms with Crippen molar-refractivity contribution in [1.82, 2.24) is 15.1 Å². The van der Waals surface area contributed by atoms with E-state index in [9.17, 15) is 4.79 Å². The van der Waals surface area contributed by atoms with Crippen LogP contribution in [-0.4, -0.2) is 28.5 Å². The summed E-state index contributed by atoms with van der Waals surface area (Å²) < 4.78 is 12.6. The van der Waals surface area contributed by atoms with Gasteiger partial charge in [0.05, 0.1) is 6.21 Å². The van der Waals surface area contributed by atoms with Gasteiger partial charge in [-0.25, -0.2) is 5.43 Å². The molecule has 3 aromatic rings. The molecule has 28 heavy (non-hydrogen) atoms. The molecule has 0 bridgehead atoms. The van der Waals surface area contributed by atoms with E-state index in [4.69, 9.17) is 9.26 Å². The summed E-state index contributed by atoms with van der Waals surface area (Å²) in [5.41, 5.74) is 7.62. The molecule has 1 aromatic carbocycles. The third-order valence-electron chi connectivity index (χ3n) is 4.56. The number of rotatable bonds is 6. The highest BCUT2D eigenvalue weighted by Gasteiger charge is 2.12. The van der Waals surface area contributed by atoms with Crippen LogP contribution in [0.1, 0.15) is 33.8 Å². The Labute approximate surface area is 164 Å². The Hall–Kier alpha value is -3.35. The van der Waals surface area contributed by atoms with Crippen LogP contribution in [0.25, 0.3) is 5.82 Å². The first-order chi connectivity index (χ1) is 13.3. The van der Waals surface area contributed by atoms with Crippen LogP contribution in [0.5, 0.6) is 5.75 Å². The summed E-state index contributed by atoms with van der Waals surface area (Å²) in [5, 5.41) is 8.09. The van der Waals surface area contributed by atoms with Crippen molar-refractivity contribution in [3.05, 3.63) is 64.2 Å². The van der Waals surface area contributed by atoms with Gasteiger partial charge >= 0.3 is 0 Å². The fraction of sp³-hybridized carbons (Fsp3) is 0.286. The molecule has 0 atom stereocenters. The number of hydrogen-bond acceptors (Lipinski definition) is 5. The molecule has 0 saturated carbocycles. The summed E-state index contributed by atoms with van der Waals surface area (Å²) in [5.74, 6) is 1.80. The monoisotopic (exact) mass is 380 g/mol. The molecule has 1 N–H and O–H groups in total. The van der Waals surface area contributed by atoms with Crippen molar-refractivity contribution in [2.45, 2.75) is 34.6 Å². The number of ether oxygens (including phenoxy) is 1. The van der Waals surface area contributed by atoms with Crippen LogP contribution >= 0.6 is 0 Å². The Morgan fingerprint density at radius 3 is 2.64 bits per heavy atom. The predicted molar refractivity (Wildman–Crippen MR) is 107 cm³/mol. The first-order valence-electron chi connectivity index (χ1n) is 8.99. The van der Waals surface area contributed by atoms with Crippen molar-refractivity contribution < 1.29 is 14.1 Å². The molecule has 7 heteroatoms. The number of aryl methyl sites for hydroxylation is 4. The minimum Gasteiger partial charge on any atom is -0.484 e. The molecule has 0 aliphatic carbocycles. The molecule has 0 unspecified atom stereocenters. The minimum absolute atomic E-state index is 0.100. The normalized spacial score (nSPS) is 11.2. The topological polar surface area (TPSA) is 81.7 Å². The lowest BCUT2D eigenvalue weighted by molar-refractivity contribution is -0.123. The van der Waals surface area contributed by atoms with E-state index in [0.717, 1.165) is 34.1 Å². The van der Waals surface area contributed by atoms with Gasteiger partial charge in [-0.3, -0.25) is 9.36 Å². The highest BCUT2D eigenvalue weighted by molar-refractivity contribution is 5.84. The maximum Gasteiger partial charge on any atom is 0.277 e. The lowest BCUT2D eigenvalue weighted by Crippen LogP contribution is -2.24. The molecule has 7 nitrogen and oxygen atoms in total. The van der Waals surface area contributed by atoms with Crippen molar-refractivity contribution in [1.29, 1.82) is 0 Å². The fourth-order valence-corrected chi connectivity index (χ4v) is 2.89. The molecular weight excluding hydrogens is 356 g/mol. The minimum atomic E-state index is -0.324. The molecular formula is C21H24N4O3. The first kappa shape index (κ1) is 19.4. The van der Waals surface area contributed by atoms with Crippen LogP contribution in [0.15, 0.2) is 40.0 Å².